The first-order chi connectivity index (χ1) is 16.9. The predicted octanol–water partition coefficient (Wildman–Crippen LogP) is 4.70. The van der Waals surface area contributed by atoms with Crippen LogP contribution in [0.15, 0.2) is 83.3 Å². The van der Waals surface area contributed by atoms with Crippen molar-refractivity contribution in [1.82, 2.24) is 4.90 Å². The molecule has 0 saturated carbocycles. The van der Waals surface area contributed by atoms with Gasteiger partial charge in [0.05, 0.1) is 24.0 Å². The molecule has 3 aromatic rings. The van der Waals surface area contributed by atoms with Crippen LogP contribution >= 0.6 is 15.9 Å². The molecule has 0 N–H and O–H groups in total. The van der Waals surface area contributed by atoms with Crippen LogP contribution in [0.25, 0.3) is 0 Å². The van der Waals surface area contributed by atoms with Crippen molar-refractivity contribution in [3.8, 4) is 0 Å². The molecule has 6 nitrogen and oxygen atoms in total. The summed E-state index contributed by atoms with van der Waals surface area (Å²) >= 11 is 3.41. The number of carbonyl (C=O) groups is 4. The Morgan fingerprint density at radius 2 is 1.37 bits per heavy atom. The summed E-state index contributed by atoms with van der Waals surface area (Å²) in [5.41, 5.74) is -0.182. The lowest BCUT2D eigenvalue weighted by Gasteiger charge is -2.30. The van der Waals surface area contributed by atoms with Crippen LogP contribution in [-0.2, 0) is 14.3 Å². The maximum absolute atomic E-state index is 14.0. The number of ether oxygens (including phenoxy) is 1. The Labute approximate surface area is 210 Å². The molecule has 2 aliphatic heterocycles. The Kier molecular flexibility index (Phi) is 4.92. The minimum atomic E-state index is -2.05. The van der Waals surface area contributed by atoms with Crippen LogP contribution in [0.3, 0.4) is 0 Å². The zero-order valence-electron chi connectivity index (χ0n) is 18.7. The van der Waals surface area contributed by atoms with Crippen molar-refractivity contribution in [1.29, 1.82) is 0 Å². The lowest BCUT2D eigenvalue weighted by Crippen LogP contribution is -2.51. The van der Waals surface area contributed by atoms with E-state index in [1.54, 1.807) is 55.5 Å². The van der Waals surface area contributed by atoms with Crippen LogP contribution in [0, 0.1) is 11.8 Å². The van der Waals surface area contributed by atoms with E-state index in [1.165, 1.54) is 4.90 Å². The second kappa shape index (κ2) is 7.80. The first kappa shape index (κ1) is 22.1. The lowest BCUT2D eigenvalue weighted by molar-refractivity contribution is -0.147. The molecule has 4 unspecified atom stereocenters. The van der Waals surface area contributed by atoms with Gasteiger partial charge in [-0.15, -0.1) is 0 Å². The molecule has 3 aliphatic rings. The molecule has 0 radical (unpaired) electrons. The molecule has 0 aromatic heterocycles. The maximum Gasteiger partial charge on any atom is 0.237 e. The number of likely N-dealkylation sites (tertiary alicyclic amines) is 1. The average molecular weight is 530 g/mol. The highest BCUT2D eigenvalue weighted by Crippen LogP contribution is 2.58. The van der Waals surface area contributed by atoms with E-state index in [4.69, 9.17) is 4.74 Å². The topological polar surface area (TPSA) is 80.8 Å². The molecule has 7 heteroatoms. The zero-order chi connectivity index (χ0) is 24.5. The Balaban J connectivity index is 1.51. The van der Waals surface area contributed by atoms with Crippen LogP contribution in [0.4, 0.5) is 0 Å². The van der Waals surface area contributed by atoms with E-state index in [0.717, 1.165) is 10.0 Å². The number of ketones is 2. The fourth-order valence-corrected chi connectivity index (χ4v) is 6.02. The van der Waals surface area contributed by atoms with E-state index in [0.29, 0.717) is 5.56 Å². The number of fused-ring (bicyclic) bond motifs is 3. The molecule has 1 spiro atoms. The van der Waals surface area contributed by atoms with Crippen LogP contribution in [0.5, 0.6) is 0 Å². The van der Waals surface area contributed by atoms with Crippen molar-refractivity contribution in [3.63, 3.8) is 0 Å². The third kappa shape index (κ3) is 2.91. The summed E-state index contributed by atoms with van der Waals surface area (Å²) in [7, 11) is 0. The third-order valence-corrected chi connectivity index (χ3v) is 7.95. The predicted molar refractivity (Wildman–Crippen MR) is 129 cm³/mol. The quantitative estimate of drug-likeness (QED) is 0.362. The second-order valence-corrected chi connectivity index (χ2v) is 10.1. The van der Waals surface area contributed by atoms with Crippen LogP contribution in [0.1, 0.15) is 50.9 Å². The van der Waals surface area contributed by atoms with Crippen molar-refractivity contribution >= 4 is 39.3 Å². The molecule has 174 valence electrons. The summed E-state index contributed by atoms with van der Waals surface area (Å²) in [6.07, 6.45) is -0.917. The van der Waals surface area contributed by atoms with Gasteiger partial charge in [0.25, 0.3) is 0 Å². The zero-order valence-corrected chi connectivity index (χ0v) is 20.3. The van der Waals surface area contributed by atoms with E-state index in [2.05, 4.69) is 15.9 Å². The molecule has 35 heavy (non-hydrogen) atoms. The molecule has 3 aromatic carbocycles. The number of hydrogen-bond donors (Lipinski definition) is 0. The molecule has 2 fully saturated rings. The van der Waals surface area contributed by atoms with Gasteiger partial charge in [-0.05, 0) is 30.2 Å². The molecule has 2 amide bonds. The molecule has 2 heterocycles. The fraction of sp³-hybridized carbons (Fsp3) is 0.214. The van der Waals surface area contributed by atoms with Crippen molar-refractivity contribution in [2.75, 3.05) is 0 Å². The molecule has 1 aliphatic carbocycles. The van der Waals surface area contributed by atoms with E-state index in [-0.39, 0.29) is 11.1 Å². The fourth-order valence-electron chi connectivity index (χ4n) is 5.76. The highest BCUT2D eigenvalue weighted by Gasteiger charge is 2.74. The number of Topliss-reactive ketones (excluding diaryl/α,β-unsaturated/α-hetero) is 2. The number of rotatable bonds is 3. The first-order valence-corrected chi connectivity index (χ1v) is 12.2. The van der Waals surface area contributed by atoms with Crippen LogP contribution < -0.4 is 0 Å². The second-order valence-electron chi connectivity index (χ2n) is 9.17. The van der Waals surface area contributed by atoms with Crippen molar-refractivity contribution in [3.05, 3.63) is 106 Å². The SMILES string of the molecule is CC(c1ccccc1)N1C(=O)C2C(c3ccc(Br)cc3)OC3(C(=O)c4ccccc4C3=O)C2C1=O. The summed E-state index contributed by atoms with van der Waals surface area (Å²) < 4.78 is 7.13. The number of carbonyl (C=O) groups excluding carboxylic acids is 4. The number of amides is 2. The number of halogens is 1. The normalized spacial score (nSPS) is 25.3. The highest BCUT2D eigenvalue weighted by atomic mass is 79.9. The van der Waals surface area contributed by atoms with Gasteiger partial charge in [0.1, 0.15) is 0 Å². The molecule has 2 saturated heterocycles. The summed E-state index contributed by atoms with van der Waals surface area (Å²) in [4.78, 5) is 56.6. The number of hydrogen-bond acceptors (Lipinski definition) is 5. The van der Waals surface area contributed by atoms with Gasteiger partial charge in [0, 0.05) is 15.6 Å². The molecule has 6 rings (SSSR count). The van der Waals surface area contributed by atoms with Gasteiger partial charge < -0.3 is 4.74 Å². The maximum atomic E-state index is 14.0. The summed E-state index contributed by atoms with van der Waals surface area (Å²) in [6, 6.07) is 22.3. The van der Waals surface area contributed by atoms with E-state index >= 15 is 0 Å². The largest absolute Gasteiger partial charge is 0.349 e. The summed E-state index contributed by atoms with van der Waals surface area (Å²) in [5, 5.41) is 0. The summed E-state index contributed by atoms with van der Waals surface area (Å²) in [6.45, 7) is 1.78. The molecule has 0 bridgehead atoms. The smallest absolute Gasteiger partial charge is 0.237 e. The Morgan fingerprint density at radius 1 is 0.800 bits per heavy atom. The lowest BCUT2D eigenvalue weighted by atomic mass is 9.77. The van der Waals surface area contributed by atoms with E-state index in [9.17, 15) is 19.2 Å². The number of imide groups is 1. The first-order valence-electron chi connectivity index (χ1n) is 11.4. The van der Waals surface area contributed by atoms with Crippen LogP contribution in [0.2, 0.25) is 0 Å². The molecular formula is C28H20BrNO5. The van der Waals surface area contributed by atoms with Gasteiger partial charge in [-0.2, -0.15) is 0 Å². The average Bonchev–Trinajstić information content (AvgIpc) is 3.44. The van der Waals surface area contributed by atoms with Gasteiger partial charge >= 0.3 is 0 Å². The van der Waals surface area contributed by atoms with Gasteiger partial charge in [0.2, 0.25) is 29.0 Å². The Morgan fingerprint density at radius 3 is 1.97 bits per heavy atom. The standard InChI is InChI=1S/C28H20BrNO5/c1-15(16-7-3-2-4-8-16)30-26(33)21-22(27(30)34)28(35-23(21)17-11-13-18(29)14-12-17)24(31)19-9-5-6-10-20(19)25(28)32/h2-15,21-23H,1H3. The van der Waals surface area contributed by atoms with Gasteiger partial charge in [-0.3, -0.25) is 24.1 Å². The van der Waals surface area contributed by atoms with Crippen LogP contribution in [-0.4, -0.2) is 33.9 Å². The Bertz CT molecular complexity index is 1370. The van der Waals surface area contributed by atoms with Gasteiger partial charge in [-0.1, -0.05) is 82.7 Å². The summed E-state index contributed by atoms with van der Waals surface area (Å²) in [5.74, 6) is -4.31. The van der Waals surface area contributed by atoms with Gasteiger partial charge in [0.15, 0.2) is 0 Å². The van der Waals surface area contributed by atoms with Crippen molar-refractivity contribution in [2.24, 2.45) is 11.8 Å². The third-order valence-electron chi connectivity index (χ3n) is 7.42. The molecular weight excluding hydrogens is 510 g/mol. The Hall–Kier alpha value is -3.42. The minimum Gasteiger partial charge on any atom is -0.349 e. The molecule has 4 atom stereocenters. The van der Waals surface area contributed by atoms with E-state index < -0.39 is 53.0 Å². The number of nitrogens with zero attached hydrogens (tertiary/aromatic N) is 1. The van der Waals surface area contributed by atoms with Crippen molar-refractivity contribution in [2.45, 2.75) is 24.7 Å². The van der Waals surface area contributed by atoms with Crippen molar-refractivity contribution < 1.29 is 23.9 Å². The number of benzene rings is 3. The highest BCUT2D eigenvalue weighted by molar-refractivity contribution is 9.10. The van der Waals surface area contributed by atoms with Gasteiger partial charge in [-0.25, -0.2) is 0 Å². The monoisotopic (exact) mass is 529 g/mol. The van der Waals surface area contributed by atoms with E-state index in [1.807, 2.05) is 30.3 Å². The minimum absolute atomic E-state index is 0.225.